The highest BCUT2D eigenvalue weighted by Gasteiger charge is 2.46. The minimum Gasteiger partial charge on any atom is -0.496 e. The predicted molar refractivity (Wildman–Crippen MR) is 244 cm³/mol. The van der Waals surface area contributed by atoms with Gasteiger partial charge >= 0.3 is 0 Å². The Hall–Kier alpha value is -4.96. The van der Waals surface area contributed by atoms with E-state index in [1.165, 1.54) is 34.0 Å². The Bertz CT molecular complexity index is 2010. The van der Waals surface area contributed by atoms with Gasteiger partial charge in [0.25, 0.3) is 0 Å². The largest absolute Gasteiger partial charge is 0.496 e. The maximum absolute atomic E-state index is 14.7. The van der Waals surface area contributed by atoms with Crippen LogP contribution >= 0.6 is 7.14 Å². The number of rotatable bonds is 18. The van der Waals surface area contributed by atoms with Crippen molar-refractivity contribution in [2.75, 3.05) is 79.9 Å². The Balaban J connectivity index is 0.000000275. The van der Waals surface area contributed by atoms with E-state index in [4.69, 9.17) is 23.7 Å². The number of anilines is 1. The van der Waals surface area contributed by atoms with Crippen LogP contribution in [-0.2, 0) is 15.7 Å². The van der Waals surface area contributed by atoms with Crippen molar-refractivity contribution >= 4 is 29.7 Å². The minimum atomic E-state index is -4.25. The summed E-state index contributed by atoms with van der Waals surface area (Å²) < 4.78 is 41.6. The van der Waals surface area contributed by atoms with Crippen LogP contribution in [0.25, 0.3) is 0 Å². The molecule has 0 radical (unpaired) electrons. The van der Waals surface area contributed by atoms with Gasteiger partial charge in [0.1, 0.15) is 34.1 Å². The number of hydrogen-bond acceptors (Lipinski definition) is 11. The summed E-state index contributed by atoms with van der Waals surface area (Å²) >= 11 is 0. The van der Waals surface area contributed by atoms with Crippen LogP contribution in [0.2, 0.25) is 0 Å². The summed E-state index contributed by atoms with van der Waals surface area (Å²) in [4.78, 5) is 46.0. The molecule has 4 aromatic rings. The topological polar surface area (TPSA) is 121 Å². The lowest BCUT2D eigenvalue weighted by molar-refractivity contribution is 0.0666. The zero-order chi connectivity index (χ0) is 45.0. The van der Waals surface area contributed by atoms with Gasteiger partial charge in [0.2, 0.25) is 18.2 Å². The first kappa shape index (κ1) is 48.7. The van der Waals surface area contributed by atoms with E-state index in [-0.39, 0.29) is 57.4 Å². The molecule has 5 rings (SSSR count). The molecule has 1 aliphatic rings. The summed E-state index contributed by atoms with van der Waals surface area (Å²) in [7, 11) is 5.39. The van der Waals surface area contributed by atoms with Gasteiger partial charge in [0, 0.05) is 30.5 Å². The summed E-state index contributed by atoms with van der Waals surface area (Å²) in [5, 5.41) is 0. The zero-order valence-corrected chi connectivity index (χ0v) is 38.8. The van der Waals surface area contributed by atoms with Gasteiger partial charge in [-0.1, -0.05) is 77.1 Å². The van der Waals surface area contributed by atoms with Crippen molar-refractivity contribution in [3.63, 3.8) is 0 Å². The molecule has 2 unspecified atom stereocenters. The molecular weight excluding hydrogens is 792 g/mol. The monoisotopic (exact) mass is 856 g/mol. The van der Waals surface area contributed by atoms with Gasteiger partial charge in [-0.25, -0.2) is 0 Å². The predicted octanol–water partition coefficient (Wildman–Crippen LogP) is 9.80. The van der Waals surface area contributed by atoms with Crippen LogP contribution < -0.4 is 23.8 Å². The number of hydrogen-bond donors (Lipinski definition) is 0. The lowest BCUT2D eigenvalue weighted by Crippen LogP contribution is -2.52. The maximum atomic E-state index is 14.7. The molecule has 1 aliphatic heterocycles. The highest BCUT2D eigenvalue weighted by molar-refractivity contribution is 7.95. The van der Waals surface area contributed by atoms with Gasteiger partial charge in [-0.15, -0.1) is 0 Å². The second-order valence-corrected chi connectivity index (χ2v) is 19.6. The molecule has 0 N–H and O–H groups in total. The number of carbonyl (C=O) groups is 3. The standard InChI is InChI=1S/C26H35O7P.C23H30N2O2/c1-17(15-26(2,3)4)16-34(29,24(27)22-18(30-5)11-9-12-19(22)31-6)25(28)23-20(32-7)13-10-14-21(23)33-8;1-4-23(24(2)3,18-19-8-6-5-7-9-19)22(26)20-10-12-21(13-11-20)25-14-16-27-17-15-25/h9-14,17H,15-16H2,1-8H3;5-13H,4,14-18H2,1-3H3. The van der Waals surface area contributed by atoms with Crippen molar-refractivity contribution in [1.29, 1.82) is 0 Å². The zero-order valence-electron chi connectivity index (χ0n) is 37.9. The first-order valence-corrected chi connectivity index (χ1v) is 22.7. The average Bonchev–Trinajstić information content (AvgIpc) is 3.26. The SMILES string of the molecule is CCC(Cc1ccccc1)(C(=O)c1ccc(N2CCOCC2)cc1)N(C)C.COc1cccc(OC)c1C(=O)P(=O)(CC(C)CC(C)(C)C)C(=O)c1c(OC)cccc1OC. The number of methoxy groups -OCH3 is 4. The average molecular weight is 857 g/mol. The smallest absolute Gasteiger partial charge is 0.236 e. The quantitative estimate of drug-likeness (QED) is 0.0703. The number of Topliss-reactive ketones (excluding diaryl/α,β-unsaturated/α-hetero) is 1. The molecule has 0 bridgehead atoms. The number of benzene rings is 4. The number of morpholine rings is 1. The molecule has 0 aliphatic carbocycles. The van der Waals surface area contributed by atoms with Crippen molar-refractivity contribution in [2.45, 2.75) is 59.4 Å². The van der Waals surface area contributed by atoms with E-state index in [9.17, 15) is 18.9 Å². The molecule has 0 saturated carbocycles. The van der Waals surface area contributed by atoms with Crippen LogP contribution in [0.5, 0.6) is 23.0 Å². The number of ketones is 1. The number of carbonyl (C=O) groups excluding carboxylic acids is 3. The fraction of sp³-hybridized carbons (Fsp3) is 0.449. The minimum absolute atomic E-state index is 0.0130. The van der Waals surface area contributed by atoms with Crippen LogP contribution in [0.4, 0.5) is 5.69 Å². The molecule has 0 spiro atoms. The summed E-state index contributed by atoms with van der Waals surface area (Å²) in [5.41, 5.74) is 0.861. The van der Waals surface area contributed by atoms with E-state index in [1.54, 1.807) is 36.4 Å². The molecular formula is C49H65N2O9P. The molecule has 4 aromatic carbocycles. The van der Waals surface area contributed by atoms with E-state index in [0.29, 0.717) is 12.8 Å². The van der Waals surface area contributed by atoms with E-state index in [1.807, 2.05) is 51.4 Å². The van der Waals surface area contributed by atoms with Crippen molar-refractivity contribution in [3.8, 4) is 23.0 Å². The fourth-order valence-corrected chi connectivity index (χ4v) is 10.9. The first-order chi connectivity index (χ1) is 29.0. The van der Waals surface area contributed by atoms with E-state index < -0.39 is 23.7 Å². The van der Waals surface area contributed by atoms with Gasteiger partial charge in [-0.3, -0.25) is 19.3 Å². The van der Waals surface area contributed by atoms with E-state index in [0.717, 1.165) is 44.0 Å². The normalized spacial score (nSPS) is 14.5. The van der Waals surface area contributed by atoms with E-state index in [2.05, 4.69) is 61.8 Å². The van der Waals surface area contributed by atoms with Crippen LogP contribution in [0.1, 0.15) is 84.1 Å². The fourth-order valence-electron chi connectivity index (χ4n) is 8.18. The van der Waals surface area contributed by atoms with Crippen LogP contribution in [-0.4, -0.2) is 102 Å². The number of likely N-dealkylation sites (N-methyl/N-ethyl adjacent to an activating group) is 1. The molecule has 61 heavy (non-hydrogen) atoms. The van der Waals surface area contributed by atoms with Crippen molar-refractivity contribution in [3.05, 3.63) is 113 Å². The molecule has 330 valence electrons. The highest BCUT2D eigenvalue weighted by atomic mass is 31.2. The summed E-state index contributed by atoms with van der Waals surface area (Å²) in [5.74, 6) is 0.758. The third-order valence-electron chi connectivity index (χ3n) is 11.2. The molecule has 1 saturated heterocycles. The lowest BCUT2D eigenvalue weighted by Gasteiger charge is -2.38. The van der Waals surface area contributed by atoms with E-state index >= 15 is 0 Å². The molecule has 11 nitrogen and oxygen atoms in total. The van der Waals surface area contributed by atoms with Crippen molar-refractivity contribution < 1.29 is 42.6 Å². The Morgan fingerprint density at radius 1 is 0.721 bits per heavy atom. The Morgan fingerprint density at radius 2 is 1.18 bits per heavy atom. The Morgan fingerprint density at radius 3 is 1.57 bits per heavy atom. The molecule has 0 amide bonds. The lowest BCUT2D eigenvalue weighted by atomic mass is 9.80. The highest BCUT2D eigenvalue weighted by Crippen LogP contribution is 2.58. The maximum Gasteiger partial charge on any atom is 0.236 e. The second-order valence-electron chi connectivity index (χ2n) is 16.9. The summed E-state index contributed by atoms with van der Waals surface area (Å²) in [6, 6.07) is 28.0. The van der Waals surface area contributed by atoms with Crippen LogP contribution in [0.3, 0.4) is 0 Å². The summed E-state index contributed by atoms with van der Waals surface area (Å²) in [6.45, 7) is 13.5. The second kappa shape index (κ2) is 21.7. The molecule has 1 fully saturated rings. The Labute approximate surface area is 363 Å². The molecule has 1 heterocycles. The molecule has 2 atom stereocenters. The summed E-state index contributed by atoms with van der Waals surface area (Å²) in [6.07, 6.45) is 2.04. The molecule has 0 aromatic heterocycles. The van der Waals surface area contributed by atoms with Gasteiger partial charge in [0.05, 0.1) is 47.2 Å². The third kappa shape index (κ3) is 11.7. The van der Waals surface area contributed by atoms with Crippen molar-refractivity contribution in [1.82, 2.24) is 4.90 Å². The Kier molecular flexibility index (Phi) is 17.3. The number of nitrogens with zero attached hydrogens (tertiary/aromatic N) is 2. The van der Waals surface area contributed by atoms with Crippen LogP contribution in [0, 0.1) is 11.3 Å². The molecule has 12 heteroatoms. The van der Waals surface area contributed by atoms with Gasteiger partial charge in [-0.05, 0) is 98.8 Å². The van der Waals surface area contributed by atoms with Gasteiger partial charge < -0.3 is 33.1 Å². The third-order valence-corrected chi connectivity index (χ3v) is 14.1. The van der Waals surface area contributed by atoms with Gasteiger partial charge in [0.15, 0.2) is 5.78 Å². The van der Waals surface area contributed by atoms with Crippen molar-refractivity contribution in [2.24, 2.45) is 11.3 Å². The first-order valence-electron chi connectivity index (χ1n) is 20.8. The van der Waals surface area contributed by atoms with Crippen LogP contribution in [0.15, 0.2) is 91.0 Å². The number of ether oxygens (including phenoxy) is 5. The van der Waals surface area contributed by atoms with Gasteiger partial charge in [-0.2, -0.15) is 0 Å².